The van der Waals surface area contributed by atoms with E-state index in [0.717, 1.165) is 5.56 Å². The maximum absolute atomic E-state index is 13.4. The molecule has 0 amide bonds. The number of aromatic amines is 1. The van der Waals surface area contributed by atoms with Gasteiger partial charge in [-0.05, 0) is 24.6 Å². The third-order valence-electron chi connectivity index (χ3n) is 4.57. The second-order valence-electron chi connectivity index (χ2n) is 6.47. The summed E-state index contributed by atoms with van der Waals surface area (Å²) < 4.78 is 0. The number of rotatable bonds is 4. The van der Waals surface area contributed by atoms with Gasteiger partial charge >= 0.3 is 0 Å². The van der Waals surface area contributed by atoms with E-state index in [4.69, 9.17) is 17.3 Å². The molecule has 0 fully saturated rings. The highest BCUT2D eigenvalue weighted by atomic mass is 35.5. The van der Waals surface area contributed by atoms with E-state index in [-0.39, 0.29) is 11.5 Å². The van der Waals surface area contributed by atoms with E-state index in [0.29, 0.717) is 38.8 Å². The second kappa shape index (κ2) is 7.32. The van der Waals surface area contributed by atoms with E-state index in [1.54, 1.807) is 24.3 Å². The van der Waals surface area contributed by atoms with Crippen LogP contribution in [0.4, 0.5) is 11.6 Å². The fourth-order valence-electron chi connectivity index (χ4n) is 3.28. The molecule has 28 heavy (non-hydrogen) atoms. The molecule has 0 radical (unpaired) electrons. The second-order valence-corrected chi connectivity index (χ2v) is 6.87. The molecule has 1 unspecified atom stereocenters. The zero-order chi connectivity index (χ0) is 19.7. The number of para-hydroxylation sites is 1. The summed E-state index contributed by atoms with van der Waals surface area (Å²) in [4.78, 5) is 24.8. The van der Waals surface area contributed by atoms with E-state index in [1.165, 1.54) is 6.33 Å². The van der Waals surface area contributed by atoms with Crippen molar-refractivity contribution in [2.24, 2.45) is 0 Å². The third-order valence-corrected chi connectivity index (χ3v) is 4.89. The predicted molar refractivity (Wildman–Crippen MR) is 113 cm³/mol. The van der Waals surface area contributed by atoms with Crippen LogP contribution in [0.5, 0.6) is 0 Å². The number of H-pyrrole nitrogens is 1. The van der Waals surface area contributed by atoms with Gasteiger partial charge in [0.15, 0.2) is 5.43 Å². The van der Waals surface area contributed by atoms with Crippen molar-refractivity contribution in [2.45, 2.75) is 13.0 Å². The quantitative estimate of drug-likeness (QED) is 0.479. The first-order valence-corrected chi connectivity index (χ1v) is 9.16. The number of hydrogen-bond acceptors (Lipinski definition) is 5. The molecule has 0 aliphatic carbocycles. The predicted octanol–water partition coefficient (Wildman–Crippen LogP) is 4.39. The molecule has 1 atom stereocenters. The molecule has 0 bridgehead atoms. The van der Waals surface area contributed by atoms with Crippen molar-refractivity contribution in [3.05, 3.63) is 81.7 Å². The molecule has 140 valence electrons. The summed E-state index contributed by atoms with van der Waals surface area (Å²) in [6.07, 6.45) is 1.38. The lowest BCUT2D eigenvalue weighted by Gasteiger charge is -2.19. The Morgan fingerprint density at radius 3 is 2.64 bits per heavy atom. The molecule has 0 saturated heterocycles. The average Bonchev–Trinajstić information content (AvgIpc) is 2.69. The van der Waals surface area contributed by atoms with Gasteiger partial charge in [-0.2, -0.15) is 0 Å². The van der Waals surface area contributed by atoms with Crippen LogP contribution in [-0.4, -0.2) is 15.0 Å². The van der Waals surface area contributed by atoms with Crippen LogP contribution in [0.1, 0.15) is 18.5 Å². The Morgan fingerprint density at radius 2 is 1.89 bits per heavy atom. The lowest BCUT2D eigenvalue weighted by atomic mass is 9.98. The summed E-state index contributed by atoms with van der Waals surface area (Å²) >= 11 is 6.35. The molecular weight excluding hydrogens is 374 g/mol. The van der Waals surface area contributed by atoms with Crippen molar-refractivity contribution >= 4 is 34.1 Å². The van der Waals surface area contributed by atoms with E-state index in [1.807, 2.05) is 37.3 Å². The Hall–Kier alpha value is -3.38. The third kappa shape index (κ3) is 3.30. The van der Waals surface area contributed by atoms with Gasteiger partial charge < -0.3 is 16.0 Å². The van der Waals surface area contributed by atoms with Crippen LogP contribution >= 0.6 is 11.6 Å². The molecule has 6 nitrogen and oxygen atoms in total. The van der Waals surface area contributed by atoms with E-state index >= 15 is 0 Å². The van der Waals surface area contributed by atoms with Gasteiger partial charge in [0.2, 0.25) is 0 Å². The highest BCUT2D eigenvalue weighted by Crippen LogP contribution is 2.30. The van der Waals surface area contributed by atoms with Crippen LogP contribution in [0.3, 0.4) is 0 Å². The molecule has 0 saturated carbocycles. The maximum Gasteiger partial charge on any atom is 0.195 e. The van der Waals surface area contributed by atoms with Crippen LogP contribution in [-0.2, 0) is 0 Å². The molecule has 2 heterocycles. The fourth-order valence-corrected chi connectivity index (χ4v) is 3.50. The van der Waals surface area contributed by atoms with Gasteiger partial charge in [-0.25, -0.2) is 9.97 Å². The lowest BCUT2D eigenvalue weighted by Crippen LogP contribution is -2.21. The maximum atomic E-state index is 13.4. The molecule has 4 aromatic rings. The van der Waals surface area contributed by atoms with Gasteiger partial charge in [-0.3, -0.25) is 4.79 Å². The van der Waals surface area contributed by atoms with Gasteiger partial charge in [0, 0.05) is 17.0 Å². The number of benzene rings is 2. The minimum Gasteiger partial charge on any atom is -0.384 e. The lowest BCUT2D eigenvalue weighted by molar-refractivity contribution is 0.862. The standard InChI is InChI=1S/C21H18ClN5O/c1-12(26-17-10-16(23)24-11-25-17)18-19(13-6-3-2-4-7-13)27-20-14(21(18)28)8-5-9-15(20)22/h2-12H,1H3,(H,27,28)(H3,23,24,25,26). The SMILES string of the molecule is CC(Nc1cc(N)ncn1)c1c(-c2ccccc2)[nH]c2c(Cl)cccc2c1=O. The largest absolute Gasteiger partial charge is 0.384 e. The van der Waals surface area contributed by atoms with Crippen molar-refractivity contribution in [3.8, 4) is 11.3 Å². The molecular formula is C21H18ClN5O. The number of hydrogen-bond donors (Lipinski definition) is 3. The average molecular weight is 392 g/mol. The number of nitrogens with zero attached hydrogens (tertiary/aromatic N) is 2. The summed E-state index contributed by atoms with van der Waals surface area (Å²) in [5.74, 6) is 0.900. The van der Waals surface area contributed by atoms with E-state index < -0.39 is 0 Å². The van der Waals surface area contributed by atoms with Crippen molar-refractivity contribution in [1.82, 2.24) is 15.0 Å². The first-order valence-electron chi connectivity index (χ1n) is 8.78. The minimum absolute atomic E-state index is 0.0860. The number of nitrogens with one attached hydrogen (secondary N) is 2. The summed E-state index contributed by atoms with van der Waals surface area (Å²) in [6, 6.07) is 16.3. The van der Waals surface area contributed by atoms with Gasteiger partial charge in [0.25, 0.3) is 0 Å². The zero-order valence-corrected chi connectivity index (χ0v) is 15.9. The van der Waals surface area contributed by atoms with Crippen LogP contribution in [0, 0.1) is 0 Å². The van der Waals surface area contributed by atoms with Gasteiger partial charge in [0.05, 0.1) is 22.3 Å². The highest BCUT2D eigenvalue weighted by Gasteiger charge is 2.20. The van der Waals surface area contributed by atoms with Gasteiger partial charge in [0.1, 0.15) is 18.0 Å². The van der Waals surface area contributed by atoms with E-state index in [2.05, 4.69) is 20.3 Å². The van der Waals surface area contributed by atoms with Crippen LogP contribution < -0.4 is 16.5 Å². The summed E-state index contributed by atoms with van der Waals surface area (Å²) in [5, 5.41) is 4.29. The van der Waals surface area contributed by atoms with Crippen LogP contribution in [0.15, 0.2) is 65.7 Å². The van der Waals surface area contributed by atoms with Crippen molar-refractivity contribution < 1.29 is 0 Å². The number of halogens is 1. The van der Waals surface area contributed by atoms with Gasteiger partial charge in [-0.1, -0.05) is 48.0 Å². The summed E-state index contributed by atoms with van der Waals surface area (Å²) in [6.45, 7) is 1.91. The first-order chi connectivity index (χ1) is 13.5. The normalized spacial score (nSPS) is 12.1. The molecule has 7 heteroatoms. The highest BCUT2D eigenvalue weighted by molar-refractivity contribution is 6.35. The minimum atomic E-state index is -0.336. The number of aromatic nitrogens is 3. The Bertz CT molecular complexity index is 1210. The number of fused-ring (bicyclic) bond motifs is 1. The first kappa shape index (κ1) is 18.0. The van der Waals surface area contributed by atoms with Crippen LogP contribution in [0.25, 0.3) is 22.2 Å². The smallest absolute Gasteiger partial charge is 0.195 e. The summed E-state index contributed by atoms with van der Waals surface area (Å²) in [5.41, 5.74) is 8.48. The number of pyridine rings is 1. The topological polar surface area (TPSA) is 96.7 Å². The Kier molecular flexibility index (Phi) is 4.71. The van der Waals surface area contributed by atoms with E-state index in [9.17, 15) is 4.79 Å². The monoisotopic (exact) mass is 391 g/mol. The number of nitrogens with two attached hydrogens (primary N) is 1. The molecule has 2 aromatic carbocycles. The fraction of sp³-hybridized carbons (Fsp3) is 0.0952. The Labute approximate surface area is 166 Å². The Balaban J connectivity index is 1.93. The van der Waals surface area contributed by atoms with Crippen LogP contribution in [0.2, 0.25) is 5.02 Å². The number of nitrogen functional groups attached to an aromatic ring is 1. The van der Waals surface area contributed by atoms with Gasteiger partial charge in [-0.15, -0.1) is 0 Å². The molecule has 0 aliphatic heterocycles. The molecule has 2 aromatic heterocycles. The Morgan fingerprint density at radius 1 is 1.11 bits per heavy atom. The molecule has 4 N–H and O–H groups in total. The molecule has 0 aliphatic rings. The zero-order valence-electron chi connectivity index (χ0n) is 15.1. The van der Waals surface area contributed by atoms with Crippen molar-refractivity contribution in [2.75, 3.05) is 11.1 Å². The van der Waals surface area contributed by atoms with Crippen molar-refractivity contribution in [1.29, 1.82) is 0 Å². The molecule has 4 rings (SSSR count). The van der Waals surface area contributed by atoms with Crippen molar-refractivity contribution in [3.63, 3.8) is 0 Å². The number of anilines is 2. The summed E-state index contributed by atoms with van der Waals surface area (Å²) in [7, 11) is 0. The molecule has 0 spiro atoms.